The topological polar surface area (TPSA) is 77.4 Å². The molecular weight excluding hydrogens is 360 g/mol. The fourth-order valence-corrected chi connectivity index (χ4v) is 3.79. The molecular formula is C21H20N2O5. The van der Waals surface area contributed by atoms with Gasteiger partial charge in [0.05, 0.1) is 19.9 Å². The quantitative estimate of drug-likeness (QED) is 0.762. The number of para-hydroxylation sites is 1. The molecule has 1 fully saturated rings. The lowest BCUT2D eigenvalue weighted by Gasteiger charge is -2.20. The second-order valence-corrected chi connectivity index (χ2v) is 6.80. The van der Waals surface area contributed by atoms with Gasteiger partial charge in [0.25, 0.3) is 5.91 Å². The van der Waals surface area contributed by atoms with Crippen LogP contribution < -0.4 is 14.4 Å². The molecule has 7 heteroatoms. The number of carbonyl (C=O) groups excluding carboxylic acids is 2. The third kappa shape index (κ3) is 2.54. The molecule has 0 saturated carbocycles. The molecule has 2 aliphatic rings. The zero-order valence-corrected chi connectivity index (χ0v) is 16.1. The Morgan fingerprint density at radius 3 is 2.29 bits per heavy atom. The van der Waals surface area contributed by atoms with E-state index in [1.165, 1.54) is 12.0 Å². The van der Waals surface area contributed by atoms with Crippen LogP contribution in [0.5, 0.6) is 11.5 Å². The van der Waals surface area contributed by atoms with Crippen LogP contribution in [-0.2, 0) is 14.4 Å². The van der Waals surface area contributed by atoms with Crippen molar-refractivity contribution in [1.29, 1.82) is 0 Å². The van der Waals surface area contributed by atoms with Gasteiger partial charge in [0.1, 0.15) is 11.6 Å². The molecule has 7 nitrogen and oxygen atoms in total. The van der Waals surface area contributed by atoms with Crippen LogP contribution in [0.25, 0.3) is 0 Å². The van der Waals surface area contributed by atoms with Crippen LogP contribution in [0.4, 0.5) is 5.69 Å². The Balaban J connectivity index is 1.73. The predicted molar refractivity (Wildman–Crippen MR) is 103 cm³/mol. The Labute approximate surface area is 162 Å². The van der Waals surface area contributed by atoms with E-state index in [-0.39, 0.29) is 5.91 Å². The van der Waals surface area contributed by atoms with Crippen LogP contribution in [0.3, 0.4) is 0 Å². The molecule has 2 aromatic carbocycles. The average Bonchev–Trinajstić information content (AvgIpc) is 3.23. The molecule has 144 valence electrons. The molecule has 1 saturated heterocycles. The maximum absolute atomic E-state index is 13.3. The highest BCUT2D eigenvalue weighted by atomic mass is 16.7. The van der Waals surface area contributed by atoms with Gasteiger partial charge in [-0.3, -0.25) is 9.59 Å². The monoisotopic (exact) mass is 380 g/mol. The van der Waals surface area contributed by atoms with E-state index in [9.17, 15) is 9.59 Å². The number of fused-ring (bicyclic) bond motifs is 1. The molecule has 0 aliphatic carbocycles. The van der Waals surface area contributed by atoms with Crippen LogP contribution in [0, 0.1) is 19.8 Å². The minimum atomic E-state index is -0.949. The van der Waals surface area contributed by atoms with Crippen LogP contribution in [0.1, 0.15) is 16.7 Å². The van der Waals surface area contributed by atoms with Crippen molar-refractivity contribution >= 4 is 23.2 Å². The number of nitrogens with zero attached hydrogens (tertiary/aromatic N) is 2. The summed E-state index contributed by atoms with van der Waals surface area (Å²) < 4.78 is 10.6. The summed E-state index contributed by atoms with van der Waals surface area (Å²) in [6.07, 6.45) is -0.949. The number of imide groups is 1. The molecule has 0 radical (unpaired) electrons. The molecule has 2 aliphatic heterocycles. The number of carbonyl (C=O) groups is 2. The fraction of sp³-hybridized carbons (Fsp3) is 0.286. The van der Waals surface area contributed by atoms with Crippen molar-refractivity contribution in [2.45, 2.75) is 20.0 Å². The van der Waals surface area contributed by atoms with E-state index in [1.807, 2.05) is 32.0 Å². The van der Waals surface area contributed by atoms with Crippen molar-refractivity contribution in [3.05, 3.63) is 53.1 Å². The molecule has 0 N–H and O–H groups in total. The van der Waals surface area contributed by atoms with Gasteiger partial charge in [-0.25, -0.2) is 4.90 Å². The van der Waals surface area contributed by atoms with Crippen LogP contribution in [0.15, 0.2) is 41.6 Å². The second kappa shape index (κ2) is 6.67. The van der Waals surface area contributed by atoms with E-state index < -0.39 is 17.9 Å². The zero-order chi connectivity index (χ0) is 20.0. The number of hydrogen-bond acceptors (Lipinski definition) is 6. The molecule has 2 aromatic rings. The highest BCUT2D eigenvalue weighted by Gasteiger charge is 2.56. The Morgan fingerprint density at radius 1 is 0.964 bits per heavy atom. The van der Waals surface area contributed by atoms with Crippen molar-refractivity contribution in [2.24, 2.45) is 11.1 Å². The number of hydrogen-bond donors (Lipinski definition) is 0. The van der Waals surface area contributed by atoms with Gasteiger partial charge in [-0.05, 0) is 43.2 Å². The summed E-state index contributed by atoms with van der Waals surface area (Å²) in [6, 6.07) is 10.9. The first-order valence-corrected chi connectivity index (χ1v) is 8.88. The van der Waals surface area contributed by atoms with Gasteiger partial charge >= 0.3 is 0 Å². The fourth-order valence-electron chi connectivity index (χ4n) is 3.79. The van der Waals surface area contributed by atoms with Crippen molar-refractivity contribution < 1.29 is 23.9 Å². The molecule has 2 heterocycles. The Morgan fingerprint density at radius 2 is 1.64 bits per heavy atom. The molecule has 0 bridgehead atoms. The first-order valence-electron chi connectivity index (χ1n) is 8.88. The number of aryl methyl sites for hydroxylation is 2. The van der Waals surface area contributed by atoms with Gasteiger partial charge in [-0.15, -0.1) is 0 Å². The summed E-state index contributed by atoms with van der Waals surface area (Å²) in [5.74, 6) is -0.447. The largest absolute Gasteiger partial charge is 0.493 e. The molecule has 2 amide bonds. The van der Waals surface area contributed by atoms with Gasteiger partial charge in [0.15, 0.2) is 11.5 Å². The van der Waals surface area contributed by atoms with Crippen molar-refractivity contribution in [1.82, 2.24) is 0 Å². The third-order valence-corrected chi connectivity index (χ3v) is 5.15. The summed E-state index contributed by atoms with van der Waals surface area (Å²) in [4.78, 5) is 32.8. The molecule has 28 heavy (non-hydrogen) atoms. The van der Waals surface area contributed by atoms with Gasteiger partial charge in [-0.2, -0.15) is 0 Å². The number of rotatable bonds is 4. The SMILES string of the molecule is COc1ccc(C2=NO[C@H]3C(=O)N(c4c(C)cccc4C)C(=O)[C@H]23)cc1OC. The highest BCUT2D eigenvalue weighted by molar-refractivity contribution is 6.32. The summed E-state index contributed by atoms with van der Waals surface area (Å²) >= 11 is 0. The number of benzene rings is 2. The Kier molecular flexibility index (Phi) is 4.30. The van der Waals surface area contributed by atoms with Crippen LogP contribution in [0.2, 0.25) is 0 Å². The van der Waals surface area contributed by atoms with Gasteiger partial charge in [0, 0.05) is 5.56 Å². The average molecular weight is 380 g/mol. The lowest BCUT2D eigenvalue weighted by Crippen LogP contribution is -2.34. The highest BCUT2D eigenvalue weighted by Crippen LogP contribution is 2.38. The summed E-state index contributed by atoms with van der Waals surface area (Å²) in [6.45, 7) is 3.75. The van der Waals surface area contributed by atoms with Gasteiger partial charge < -0.3 is 14.3 Å². The van der Waals surface area contributed by atoms with Crippen molar-refractivity contribution in [2.75, 3.05) is 19.1 Å². The maximum atomic E-state index is 13.3. The van der Waals surface area contributed by atoms with E-state index in [0.29, 0.717) is 28.5 Å². The molecule has 0 unspecified atom stereocenters. The first kappa shape index (κ1) is 18.0. The standard InChI is InChI=1S/C21H20N2O5/c1-11-6-5-7-12(2)18(11)23-20(24)16-17(22-28-19(16)21(23)25)13-8-9-14(26-3)15(10-13)27-4/h5-10,16,19H,1-4H3/t16-,19-/m1/s1. The van der Waals surface area contributed by atoms with E-state index in [1.54, 1.807) is 25.3 Å². The van der Waals surface area contributed by atoms with Crippen molar-refractivity contribution in [3.8, 4) is 11.5 Å². The second-order valence-electron chi connectivity index (χ2n) is 6.80. The van der Waals surface area contributed by atoms with Gasteiger partial charge in [0.2, 0.25) is 12.0 Å². The van der Waals surface area contributed by atoms with Gasteiger partial charge in [-0.1, -0.05) is 23.4 Å². The van der Waals surface area contributed by atoms with Crippen molar-refractivity contribution in [3.63, 3.8) is 0 Å². The molecule has 0 aromatic heterocycles. The summed E-state index contributed by atoms with van der Waals surface area (Å²) in [5.41, 5.74) is 3.38. The zero-order valence-electron chi connectivity index (χ0n) is 16.1. The van der Waals surface area contributed by atoms with E-state index in [2.05, 4.69) is 5.16 Å². The van der Waals surface area contributed by atoms with Crippen LogP contribution in [-0.4, -0.2) is 37.8 Å². The smallest absolute Gasteiger partial charge is 0.278 e. The third-order valence-electron chi connectivity index (χ3n) is 5.15. The molecule has 4 rings (SSSR count). The normalized spacial score (nSPS) is 20.7. The minimum Gasteiger partial charge on any atom is -0.493 e. The number of oxime groups is 1. The number of anilines is 1. The summed E-state index contributed by atoms with van der Waals surface area (Å²) in [5, 5.41) is 4.05. The lowest BCUT2D eigenvalue weighted by atomic mass is 9.94. The minimum absolute atomic E-state index is 0.335. The number of ether oxygens (including phenoxy) is 2. The molecule has 2 atom stereocenters. The maximum Gasteiger partial charge on any atom is 0.278 e. The number of methoxy groups -OCH3 is 2. The lowest BCUT2D eigenvalue weighted by molar-refractivity contribution is -0.126. The predicted octanol–water partition coefficient (Wildman–Crippen LogP) is 2.61. The Hall–Kier alpha value is -3.35. The molecule has 0 spiro atoms. The first-order chi connectivity index (χ1) is 13.5. The van der Waals surface area contributed by atoms with E-state index >= 15 is 0 Å². The van der Waals surface area contributed by atoms with E-state index in [0.717, 1.165) is 11.1 Å². The van der Waals surface area contributed by atoms with Crippen LogP contribution >= 0.6 is 0 Å². The number of amides is 2. The van der Waals surface area contributed by atoms with E-state index in [4.69, 9.17) is 14.3 Å². The summed E-state index contributed by atoms with van der Waals surface area (Å²) in [7, 11) is 3.08. The Bertz CT molecular complexity index is 994.